The van der Waals surface area contributed by atoms with Gasteiger partial charge >= 0.3 is 0 Å². The zero-order valence-corrected chi connectivity index (χ0v) is 12.9. The van der Waals surface area contributed by atoms with E-state index in [-0.39, 0.29) is 12.6 Å². The zero-order chi connectivity index (χ0) is 15.1. The lowest BCUT2D eigenvalue weighted by Crippen LogP contribution is -2.28. The summed E-state index contributed by atoms with van der Waals surface area (Å²) in [5, 5.41) is 12.9. The summed E-state index contributed by atoms with van der Waals surface area (Å²) in [5.74, 6) is 2.38. The molecule has 0 amide bonds. The average molecular weight is 283 g/mol. The molecule has 2 N–H and O–H groups in total. The van der Waals surface area contributed by atoms with Crippen molar-refractivity contribution >= 4 is 0 Å². The van der Waals surface area contributed by atoms with Crippen LogP contribution in [-0.2, 0) is 0 Å². The summed E-state index contributed by atoms with van der Waals surface area (Å²) in [6, 6.07) is 3.41. The Kier molecular flexibility index (Phi) is 6.61. The number of hydrogen-bond donors (Lipinski definition) is 2. The standard InChI is InChI=1S/C15H25NO4/c1-10(2)8-16-12(9-17)11-6-14(19-4)15(20-5)7-13(11)18-3/h6-7,10,12,16-17H,8-9H2,1-5H3. The maximum Gasteiger partial charge on any atom is 0.164 e. The van der Waals surface area contributed by atoms with Gasteiger partial charge < -0.3 is 24.6 Å². The zero-order valence-electron chi connectivity index (χ0n) is 12.9. The molecular formula is C15H25NO4. The highest BCUT2D eigenvalue weighted by atomic mass is 16.5. The van der Waals surface area contributed by atoms with Crippen LogP contribution in [0.4, 0.5) is 0 Å². The molecule has 1 aromatic carbocycles. The number of nitrogens with one attached hydrogen (secondary N) is 1. The molecule has 5 nitrogen and oxygen atoms in total. The molecule has 0 saturated carbocycles. The van der Waals surface area contributed by atoms with E-state index in [9.17, 15) is 5.11 Å². The van der Waals surface area contributed by atoms with Gasteiger partial charge in [0.15, 0.2) is 11.5 Å². The van der Waals surface area contributed by atoms with Crippen molar-refractivity contribution in [3.8, 4) is 17.2 Å². The summed E-state index contributed by atoms with van der Waals surface area (Å²) in [6.45, 7) is 5.03. The third-order valence-corrected chi connectivity index (χ3v) is 3.07. The summed E-state index contributed by atoms with van der Waals surface area (Å²) < 4.78 is 16.0. The van der Waals surface area contributed by atoms with E-state index in [2.05, 4.69) is 19.2 Å². The molecule has 1 rings (SSSR count). The molecule has 0 aliphatic carbocycles. The molecule has 0 saturated heterocycles. The first kappa shape index (κ1) is 16.6. The number of hydrogen-bond acceptors (Lipinski definition) is 5. The predicted octanol–water partition coefficient (Wildman–Crippen LogP) is 1.99. The van der Waals surface area contributed by atoms with Crippen molar-refractivity contribution in [3.63, 3.8) is 0 Å². The summed E-state index contributed by atoms with van der Waals surface area (Å²) in [5.41, 5.74) is 0.855. The lowest BCUT2D eigenvalue weighted by molar-refractivity contribution is 0.236. The van der Waals surface area contributed by atoms with Crippen molar-refractivity contribution in [1.29, 1.82) is 0 Å². The van der Waals surface area contributed by atoms with Crippen molar-refractivity contribution in [3.05, 3.63) is 17.7 Å². The molecule has 1 unspecified atom stereocenters. The van der Waals surface area contributed by atoms with E-state index in [0.29, 0.717) is 23.2 Å². The van der Waals surface area contributed by atoms with Gasteiger partial charge in [0.25, 0.3) is 0 Å². The lowest BCUT2D eigenvalue weighted by Gasteiger charge is -2.22. The van der Waals surface area contributed by atoms with Crippen LogP contribution in [0.15, 0.2) is 12.1 Å². The van der Waals surface area contributed by atoms with Crippen LogP contribution in [0.3, 0.4) is 0 Å². The Morgan fingerprint density at radius 1 is 1.00 bits per heavy atom. The molecular weight excluding hydrogens is 258 g/mol. The molecule has 1 atom stereocenters. The van der Waals surface area contributed by atoms with Crippen LogP contribution in [0, 0.1) is 5.92 Å². The van der Waals surface area contributed by atoms with Gasteiger partial charge in [-0.1, -0.05) is 13.8 Å². The molecule has 0 aliphatic rings. The summed E-state index contributed by atoms with van der Waals surface area (Å²) in [7, 11) is 4.77. The molecule has 0 fully saturated rings. The van der Waals surface area contributed by atoms with Crippen molar-refractivity contribution < 1.29 is 19.3 Å². The first-order chi connectivity index (χ1) is 9.57. The maximum atomic E-state index is 9.61. The van der Waals surface area contributed by atoms with Crippen molar-refractivity contribution in [2.75, 3.05) is 34.5 Å². The van der Waals surface area contributed by atoms with Crippen LogP contribution in [-0.4, -0.2) is 39.6 Å². The van der Waals surface area contributed by atoms with E-state index >= 15 is 0 Å². The second-order valence-electron chi connectivity index (χ2n) is 4.99. The van der Waals surface area contributed by atoms with Crippen LogP contribution in [0.5, 0.6) is 17.2 Å². The van der Waals surface area contributed by atoms with E-state index in [4.69, 9.17) is 14.2 Å². The molecule has 0 heterocycles. The van der Waals surface area contributed by atoms with Gasteiger partial charge in [0.05, 0.1) is 34.0 Å². The molecule has 1 aromatic rings. The van der Waals surface area contributed by atoms with E-state index in [1.165, 1.54) is 0 Å². The SMILES string of the molecule is COc1cc(OC)c(C(CO)NCC(C)C)cc1OC. The molecule has 114 valence electrons. The Hall–Kier alpha value is -1.46. The highest BCUT2D eigenvalue weighted by Gasteiger charge is 2.19. The van der Waals surface area contributed by atoms with E-state index in [0.717, 1.165) is 12.1 Å². The summed E-state index contributed by atoms with van der Waals surface area (Å²) >= 11 is 0. The molecule has 0 aromatic heterocycles. The molecule has 5 heteroatoms. The van der Waals surface area contributed by atoms with E-state index < -0.39 is 0 Å². The number of rotatable bonds is 8. The molecule has 0 spiro atoms. The number of methoxy groups -OCH3 is 3. The summed E-state index contributed by atoms with van der Waals surface area (Å²) in [6.07, 6.45) is 0. The van der Waals surface area contributed by atoms with Crippen LogP contribution in [0.2, 0.25) is 0 Å². The molecule has 0 aliphatic heterocycles. The second kappa shape index (κ2) is 7.97. The minimum absolute atomic E-state index is 0.0153. The van der Waals surface area contributed by atoms with Gasteiger partial charge in [0.1, 0.15) is 5.75 Å². The minimum atomic E-state index is -0.202. The normalized spacial score (nSPS) is 12.3. The van der Waals surface area contributed by atoms with Crippen molar-refractivity contribution in [2.45, 2.75) is 19.9 Å². The number of benzene rings is 1. The van der Waals surface area contributed by atoms with Gasteiger partial charge in [-0.3, -0.25) is 0 Å². The smallest absolute Gasteiger partial charge is 0.164 e. The Labute approximate surface area is 120 Å². The van der Waals surface area contributed by atoms with Gasteiger partial charge in [0.2, 0.25) is 0 Å². The molecule has 0 radical (unpaired) electrons. The fourth-order valence-electron chi connectivity index (χ4n) is 1.98. The van der Waals surface area contributed by atoms with Gasteiger partial charge in [-0.05, 0) is 18.5 Å². The van der Waals surface area contributed by atoms with Crippen LogP contribution < -0.4 is 19.5 Å². The highest BCUT2D eigenvalue weighted by molar-refractivity contribution is 5.51. The van der Waals surface area contributed by atoms with Gasteiger partial charge in [-0.2, -0.15) is 0 Å². The predicted molar refractivity (Wildman–Crippen MR) is 78.8 cm³/mol. The van der Waals surface area contributed by atoms with Crippen molar-refractivity contribution in [2.24, 2.45) is 5.92 Å². The lowest BCUT2D eigenvalue weighted by atomic mass is 10.0. The Morgan fingerprint density at radius 2 is 1.55 bits per heavy atom. The molecule has 20 heavy (non-hydrogen) atoms. The van der Waals surface area contributed by atoms with Gasteiger partial charge in [-0.15, -0.1) is 0 Å². The van der Waals surface area contributed by atoms with Crippen LogP contribution in [0.25, 0.3) is 0 Å². The largest absolute Gasteiger partial charge is 0.496 e. The first-order valence-electron chi connectivity index (χ1n) is 6.71. The van der Waals surface area contributed by atoms with E-state index in [1.807, 2.05) is 6.07 Å². The van der Waals surface area contributed by atoms with E-state index in [1.54, 1.807) is 27.4 Å². The van der Waals surface area contributed by atoms with Crippen LogP contribution in [0.1, 0.15) is 25.5 Å². The monoisotopic (exact) mass is 283 g/mol. The van der Waals surface area contributed by atoms with Crippen molar-refractivity contribution in [1.82, 2.24) is 5.32 Å². The molecule has 0 bridgehead atoms. The first-order valence-corrected chi connectivity index (χ1v) is 6.71. The van der Waals surface area contributed by atoms with Gasteiger partial charge in [-0.25, -0.2) is 0 Å². The average Bonchev–Trinajstić information content (AvgIpc) is 2.46. The fourth-order valence-corrected chi connectivity index (χ4v) is 1.98. The highest BCUT2D eigenvalue weighted by Crippen LogP contribution is 2.37. The summed E-state index contributed by atoms with van der Waals surface area (Å²) in [4.78, 5) is 0. The Morgan fingerprint density at radius 3 is 2.00 bits per heavy atom. The number of aliphatic hydroxyl groups excluding tert-OH is 1. The Bertz CT molecular complexity index is 421. The topological polar surface area (TPSA) is 60.0 Å². The number of ether oxygens (including phenoxy) is 3. The third kappa shape index (κ3) is 4.02. The maximum absolute atomic E-state index is 9.61. The van der Waals surface area contributed by atoms with Gasteiger partial charge in [0, 0.05) is 11.6 Å². The quantitative estimate of drug-likeness (QED) is 0.764. The Balaban J connectivity index is 3.12. The third-order valence-electron chi connectivity index (χ3n) is 3.07. The van der Waals surface area contributed by atoms with Crippen LogP contribution >= 0.6 is 0 Å². The minimum Gasteiger partial charge on any atom is -0.496 e. The fraction of sp³-hybridized carbons (Fsp3) is 0.600. The second-order valence-corrected chi connectivity index (χ2v) is 4.99. The number of aliphatic hydroxyl groups is 1.